The van der Waals surface area contributed by atoms with Gasteiger partial charge in [0.25, 0.3) is 0 Å². The highest BCUT2D eigenvalue weighted by Gasteiger charge is 2.25. The molecule has 1 fully saturated rings. The molecule has 1 N–H and O–H groups in total. The number of amides is 2. The van der Waals surface area contributed by atoms with E-state index in [2.05, 4.69) is 5.32 Å². The first kappa shape index (κ1) is 16.0. The van der Waals surface area contributed by atoms with Gasteiger partial charge < -0.3 is 19.7 Å². The van der Waals surface area contributed by atoms with Gasteiger partial charge in [0.2, 0.25) is 0 Å². The van der Waals surface area contributed by atoms with Crippen molar-refractivity contribution < 1.29 is 18.7 Å². The molecule has 2 rings (SSSR count). The van der Waals surface area contributed by atoms with Crippen LogP contribution in [0.4, 0.5) is 9.18 Å². The van der Waals surface area contributed by atoms with E-state index in [0.29, 0.717) is 32.8 Å². The van der Waals surface area contributed by atoms with Gasteiger partial charge in [-0.3, -0.25) is 0 Å². The summed E-state index contributed by atoms with van der Waals surface area (Å²) in [7, 11) is 1.58. The fraction of sp³-hybridized carbons (Fsp3) is 0.500. The normalized spacial score (nSPS) is 18.6. The number of rotatable bonds is 4. The summed E-state index contributed by atoms with van der Waals surface area (Å²) in [5.74, 6) is -0.467. The van der Waals surface area contributed by atoms with Gasteiger partial charge in [0.15, 0.2) is 0 Å². The Bertz CT molecular complexity index is 501. The monoisotopic (exact) mass is 316 g/mol. The highest BCUT2D eigenvalue weighted by atomic mass is 35.5. The molecule has 1 atom stereocenters. The molecule has 0 aromatic heterocycles. The Labute approximate surface area is 128 Å². The lowest BCUT2D eigenvalue weighted by atomic mass is 10.1. The smallest absolute Gasteiger partial charge is 0.317 e. The molecule has 116 valence electrons. The number of nitrogens with one attached hydrogen (secondary N) is 1. The predicted molar refractivity (Wildman–Crippen MR) is 77.0 cm³/mol. The Hall–Kier alpha value is -1.37. The number of benzene rings is 1. The fourth-order valence-corrected chi connectivity index (χ4v) is 2.31. The lowest BCUT2D eigenvalue weighted by Crippen LogP contribution is -2.47. The number of urea groups is 1. The number of carbonyl (C=O) groups excluding carboxylic acids is 1. The van der Waals surface area contributed by atoms with Crippen LogP contribution in [0.5, 0.6) is 0 Å². The van der Waals surface area contributed by atoms with Crippen molar-refractivity contribution >= 4 is 17.6 Å². The van der Waals surface area contributed by atoms with Crippen molar-refractivity contribution in [1.29, 1.82) is 0 Å². The predicted octanol–water partition coefficient (Wildman–Crippen LogP) is 2.21. The maximum Gasteiger partial charge on any atom is 0.317 e. The number of methoxy groups -OCH3 is 1. The molecule has 2 amide bonds. The van der Waals surface area contributed by atoms with E-state index in [0.717, 1.165) is 5.56 Å². The molecule has 1 heterocycles. The number of nitrogens with zero attached hydrogens (tertiary/aromatic N) is 1. The number of hydrogen-bond donors (Lipinski definition) is 1. The second-order valence-corrected chi connectivity index (χ2v) is 5.11. The SMILES string of the molecule is COCCNC(=O)N1CCO[C@H](c2ccc(F)c(Cl)c2)C1. The van der Waals surface area contributed by atoms with E-state index in [4.69, 9.17) is 21.1 Å². The first-order valence-corrected chi connectivity index (χ1v) is 7.08. The van der Waals surface area contributed by atoms with E-state index in [-0.39, 0.29) is 17.2 Å². The van der Waals surface area contributed by atoms with Crippen LogP contribution in [0, 0.1) is 5.82 Å². The minimum Gasteiger partial charge on any atom is -0.383 e. The van der Waals surface area contributed by atoms with Crippen molar-refractivity contribution in [2.75, 3.05) is 40.0 Å². The van der Waals surface area contributed by atoms with Crippen molar-refractivity contribution in [2.24, 2.45) is 0 Å². The third-order valence-electron chi connectivity index (χ3n) is 3.25. The molecule has 21 heavy (non-hydrogen) atoms. The Balaban J connectivity index is 1.96. The topological polar surface area (TPSA) is 50.8 Å². The van der Waals surface area contributed by atoms with Crippen LogP contribution in [0.1, 0.15) is 11.7 Å². The van der Waals surface area contributed by atoms with E-state index in [1.807, 2.05) is 0 Å². The molecule has 0 radical (unpaired) electrons. The van der Waals surface area contributed by atoms with Gasteiger partial charge in [0.1, 0.15) is 11.9 Å². The third-order valence-corrected chi connectivity index (χ3v) is 3.54. The zero-order valence-corrected chi connectivity index (χ0v) is 12.5. The summed E-state index contributed by atoms with van der Waals surface area (Å²) in [6, 6.07) is 4.30. The minimum atomic E-state index is -0.467. The number of carbonyl (C=O) groups is 1. The molecule has 0 spiro atoms. The highest BCUT2D eigenvalue weighted by molar-refractivity contribution is 6.30. The summed E-state index contributed by atoms with van der Waals surface area (Å²) in [5, 5.41) is 2.82. The molecule has 0 saturated carbocycles. The van der Waals surface area contributed by atoms with E-state index in [9.17, 15) is 9.18 Å². The number of morpholine rings is 1. The van der Waals surface area contributed by atoms with Crippen LogP contribution in [0.15, 0.2) is 18.2 Å². The van der Waals surface area contributed by atoms with Crippen molar-refractivity contribution in [3.63, 3.8) is 0 Å². The quantitative estimate of drug-likeness (QED) is 0.867. The average Bonchev–Trinajstić information content (AvgIpc) is 2.50. The molecule has 0 unspecified atom stereocenters. The van der Waals surface area contributed by atoms with Crippen LogP contribution in [-0.4, -0.2) is 50.9 Å². The van der Waals surface area contributed by atoms with Gasteiger partial charge in [0, 0.05) is 20.2 Å². The Morgan fingerprint density at radius 1 is 1.62 bits per heavy atom. The first-order chi connectivity index (χ1) is 10.1. The molecule has 1 aliphatic heterocycles. The van der Waals surface area contributed by atoms with Gasteiger partial charge in [-0.2, -0.15) is 0 Å². The molecule has 1 aliphatic rings. The summed E-state index contributed by atoms with van der Waals surface area (Å²) in [4.78, 5) is 13.7. The molecule has 0 aliphatic carbocycles. The van der Waals surface area contributed by atoms with E-state index in [1.54, 1.807) is 18.1 Å². The van der Waals surface area contributed by atoms with Crippen molar-refractivity contribution in [2.45, 2.75) is 6.10 Å². The van der Waals surface area contributed by atoms with E-state index >= 15 is 0 Å². The highest BCUT2D eigenvalue weighted by Crippen LogP contribution is 2.26. The van der Waals surface area contributed by atoms with Gasteiger partial charge in [0.05, 0.1) is 24.8 Å². The number of halogens is 2. The third kappa shape index (κ3) is 4.30. The van der Waals surface area contributed by atoms with Gasteiger partial charge >= 0.3 is 6.03 Å². The van der Waals surface area contributed by atoms with Gasteiger partial charge in [-0.05, 0) is 17.7 Å². The van der Waals surface area contributed by atoms with Crippen LogP contribution in [0.2, 0.25) is 5.02 Å². The number of hydrogen-bond acceptors (Lipinski definition) is 3. The van der Waals surface area contributed by atoms with Gasteiger partial charge in [-0.15, -0.1) is 0 Å². The average molecular weight is 317 g/mol. The van der Waals surface area contributed by atoms with Crippen molar-refractivity contribution in [1.82, 2.24) is 10.2 Å². The second kappa shape index (κ2) is 7.59. The van der Waals surface area contributed by atoms with Crippen LogP contribution in [0.3, 0.4) is 0 Å². The van der Waals surface area contributed by atoms with Crippen molar-refractivity contribution in [3.8, 4) is 0 Å². The largest absolute Gasteiger partial charge is 0.383 e. The molecular weight excluding hydrogens is 299 g/mol. The second-order valence-electron chi connectivity index (χ2n) is 4.70. The maximum atomic E-state index is 13.2. The molecule has 0 bridgehead atoms. The fourth-order valence-electron chi connectivity index (χ4n) is 2.12. The standard InChI is InChI=1S/C14H18ClFN2O3/c1-20-6-4-17-14(19)18-5-7-21-13(9-18)10-2-3-12(16)11(15)8-10/h2-3,8,13H,4-7,9H2,1H3,(H,17,19)/t13-/m0/s1. The molecule has 1 aromatic rings. The zero-order chi connectivity index (χ0) is 15.2. The molecule has 1 aromatic carbocycles. The number of ether oxygens (including phenoxy) is 2. The van der Waals surface area contributed by atoms with Crippen LogP contribution < -0.4 is 5.32 Å². The zero-order valence-electron chi connectivity index (χ0n) is 11.8. The summed E-state index contributed by atoms with van der Waals surface area (Å²) >= 11 is 5.78. The summed E-state index contributed by atoms with van der Waals surface area (Å²) < 4.78 is 23.7. The lowest BCUT2D eigenvalue weighted by molar-refractivity contribution is -0.0155. The van der Waals surface area contributed by atoms with Gasteiger partial charge in [-0.25, -0.2) is 9.18 Å². The van der Waals surface area contributed by atoms with Crippen LogP contribution >= 0.6 is 11.6 Å². The van der Waals surface area contributed by atoms with Gasteiger partial charge in [-0.1, -0.05) is 17.7 Å². The Morgan fingerprint density at radius 2 is 2.43 bits per heavy atom. The summed E-state index contributed by atoms with van der Waals surface area (Å²) in [6.07, 6.45) is -0.301. The molecular formula is C14H18ClFN2O3. The van der Waals surface area contributed by atoms with Crippen LogP contribution in [-0.2, 0) is 9.47 Å². The molecule has 1 saturated heterocycles. The minimum absolute atomic E-state index is 0.0535. The lowest BCUT2D eigenvalue weighted by Gasteiger charge is -2.33. The van der Waals surface area contributed by atoms with E-state index in [1.165, 1.54) is 12.1 Å². The molecule has 5 nitrogen and oxygen atoms in total. The Morgan fingerprint density at radius 3 is 3.14 bits per heavy atom. The Kier molecular flexibility index (Phi) is 5.78. The summed E-state index contributed by atoms with van der Waals surface area (Å²) in [6.45, 7) is 2.27. The summed E-state index contributed by atoms with van der Waals surface area (Å²) in [5.41, 5.74) is 0.760. The van der Waals surface area contributed by atoms with E-state index < -0.39 is 5.82 Å². The first-order valence-electron chi connectivity index (χ1n) is 6.70. The van der Waals surface area contributed by atoms with Crippen LogP contribution in [0.25, 0.3) is 0 Å². The van der Waals surface area contributed by atoms with Crippen molar-refractivity contribution in [3.05, 3.63) is 34.6 Å². The molecule has 7 heteroatoms. The maximum absolute atomic E-state index is 13.2.